The molecule has 1 heterocycles. The summed E-state index contributed by atoms with van der Waals surface area (Å²) < 4.78 is 16.1. The summed E-state index contributed by atoms with van der Waals surface area (Å²) in [6, 6.07) is 7.32. The number of hydrogen-bond acceptors (Lipinski definition) is 7. The molecule has 0 N–H and O–H groups in total. The van der Waals surface area contributed by atoms with E-state index >= 15 is 0 Å². The van der Waals surface area contributed by atoms with Crippen LogP contribution in [0.3, 0.4) is 0 Å². The smallest absolute Gasteiger partial charge is 0.311 e. The molecule has 0 aliphatic carbocycles. The Kier molecular flexibility index (Phi) is 4.48. The number of ether oxygens (including phenoxy) is 3. The molecule has 0 radical (unpaired) electrons. The third-order valence-electron chi connectivity index (χ3n) is 3.68. The molecule has 0 aromatic heterocycles. The lowest BCUT2D eigenvalue weighted by molar-refractivity contribution is -0.386. The lowest BCUT2D eigenvalue weighted by Crippen LogP contribution is -2.14. The van der Waals surface area contributed by atoms with E-state index in [1.807, 2.05) is 0 Å². The summed E-state index contributed by atoms with van der Waals surface area (Å²) in [5.41, 5.74) is 1.42. The fraction of sp³-hybridized carbons (Fsp3) is 0.250. The molecular formula is C16H14N2O7. The van der Waals surface area contributed by atoms with Crippen LogP contribution in [0.4, 0.5) is 11.4 Å². The second kappa shape index (κ2) is 6.73. The van der Waals surface area contributed by atoms with Crippen LogP contribution in [0.1, 0.15) is 16.7 Å². The molecule has 1 aliphatic rings. The Morgan fingerprint density at radius 2 is 1.96 bits per heavy atom. The van der Waals surface area contributed by atoms with Crippen LogP contribution in [-0.4, -0.2) is 16.6 Å². The first-order valence-electron chi connectivity index (χ1n) is 7.34. The number of fused-ring (bicyclic) bond motifs is 1. The summed E-state index contributed by atoms with van der Waals surface area (Å²) in [7, 11) is 0. The van der Waals surface area contributed by atoms with Crippen LogP contribution < -0.4 is 9.47 Å². The van der Waals surface area contributed by atoms with Gasteiger partial charge in [0.25, 0.3) is 5.69 Å². The van der Waals surface area contributed by atoms with Crippen molar-refractivity contribution in [3.05, 3.63) is 67.3 Å². The van der Waals surface area contributed by atoms with Gasteiger partial charge < -0.3 is 14.2 Å². The predicted octanol–water partition coefficient (Wildman–Crippen LogP) is 3.26. The van der Waals surface area contributed by atoms with E-state index in [0.29, 0.717) is 16.9 Å². The Hall–Kier alpha value is -3.20. The minimum atomic E-state index is -0.532. The maximum atomic E-state index is 11.2. The average molecular weight is 346 g/mol. The van der Waals surface area contributed by atoms with Gasteiger partial charge >= 0.3 is 5.69 Å². The van der Waals surface area contributed by atoms with Crippen molar-refractivity contribution >= 4 is 11.4 Å². The predicted molar refractivity (Wildman–Crippen MR) is 85.5 cm³/mol. The minimum Gasteiger partial charge on any atom is -0.482 e. The SMILES string of the molecule is Cc1ccc(OCc2cc([N+](=O)[O-])cc3c2OCOC3)c([N+](=O)[O-])c1. The fourth-order valence-electron chi connectivity index (χ4n) is 2.54. The zero-order valence-corrected chi connectivity index (χ0v) is 13.3. The van der Waals surface area contributed by atoms with Gasteiger partial charge in [-0.3, -0.25) is 20.2 Å². The number of hydrogen-bond donors (Lipinski definition) is 0. The van der Waals surface area contributed by atoms with E-state index in [0.717, 1.165) is 5.56 Å². The molecule has 9 nitrogen and oxygen atoms in total. The molecule has 3 rings (SSSR count). The quantitative estimate of drug-likeness (QED) is 0.603. The number of nitro benzene ring substituents is 2. The standard InChI is InChI=1S/C16H14N2O7/c1-10-2-3-15(14(4-10)18(21)22)24-8-12-6-13(17(19)20)5-11-7-23-9-25-16(11)12/h2-6H,7-9H2,1H3. The zero-order valence-electron chi connectivity index (χ0n) is 13.3. The van der Waals surface area contributed by atoms with Gasteiger partial charge in [0.1, 0.15) is 12.4 Å². The van der Waals surface area contributed by atoms with Gasteiger partial charge in [0, 0.05) is 29.3 Å². The van der Waals surface area contributed by atoms with Gasteiger partial charge in [-0.1, -0.05) is 6.07 Å². The van der Waals surface area contributed by atoms with Gasteiger partial charge in [0.15, 0.2) is 12.5 Å². The molecule has 0 spiro atoms. The molecule has 2 aromatic carbocycles. The lowest BCUT2D eigenvalue weighted by atomic mass is 10.1. The summed E-state index contributed by atoms with van der Waals surface area (Å²) >= 11 is 0. The van der Waals surface area contributed by atoms with Crippen molar-refractivity contribution in [2.45, 2.75) is 20.1 Å². The highest BCUT2D eigenvalue weighted by atomic mass is 16.7. The van der Waals surface area contributed by atoms with E-state index in [1.54, 1.807) is 13.0 Å². The molecule has 0 saturated heterocycles. The van der Waals surface area contributed by atoms with Gasteiger partial charge in [-0.25, -0.2) is 0 Å². The van der Waals surface area contributed by atoms with Crippen LogP contribution in [0.25, 0.3) is 0 Å². The first-order chi connectivity index (χ1) is 12.0. The summed E-state index contributed by atoms with van der Waals surface area (Å²) in [6.45, 7) is 1.85. The number of aryl methyl sites for hydroxylation is 1. The van der Waals surface area contributed by atoms with Crippen molar-refractivity contribution in [3.63, 3.8) is 0 Å². The van der Waals surface area contributed by atoms with E-state index in [2.05, 4.69) is 0 Å². The zero-order chi connectivity index (χ0) is 18.0. The normalized spacial score (nSPS) is 12.8. The molecule has 0 saturated carbocycles. The second-order valence-electron chi connectivity index (χ2n) is 5.48. The largest absolute Gasteiger partial charge is 0.482 e. The van der Waals surface area contributed by atoms with Crippen molar-refractivity contribution in [3.8, 4) is 11.5 Å². The molecular weight excluding hydrogens is 332 g/mol. The number of non-ortho nitro benzene ring substituents is 1. The summed E-state index contributed by atoms with van der Waals surface area (Å²) in [5, 5.41) is 22.2. The Morgan fingerprint density at radius 1 is 1.16 bits per heavy atom. The van der Waals surface area contributed by atoms with Crippen molar-refractivity contribution < 1.29 is 24.1 Å². The summed E-state index contributed by atoms with van der Waals surface area (Å²) in [5.74, 6) is 0.537. The maximum absolute atomic E-state index is 11.2. The third kappa shape index (κ3) is 3.50. The summed E-state index contributed by atoms with van der Waals surface area (Å²) in [6.07, 6.45) is 0. The molecule has 0 bridgehead atoms. The molecule has 130 valence electrons. The summed E-state index contributed by atoms with van der Waals surface area (Å²) in [4.78, 5) is 21.2. The van der Waals surface area contributed by atoms with Gasteiger partial charge in [-0.05, 0) is 18.6 Å². The molecule has 2 aromatic rings. The molecule has 0 atom stereocenters. The highest BCUT2D eigenvalue weighted by molar-refractivity contribution is 5.51. The molecule has 0 fully saturated rings. The van der Waals surface area contributed by atoms with Crippen LogP contribution in [-0.2, 0) is 18.0 Å². The molecule has 0 unspecified atom stereocenters. The lowest BCUT2D eigenvalue weighted by Gasteiger charge is -2.20. The van der Waals surface area contributed by atoms with Crippen LogP contribution in [0.2, 0.25) is 0 Å². The van der Waals surface area contributed by atoms with Gasteiger partial charge in [0.2, 0.25) is 0 Å². The fourth-order valence-corrected chi connectivity index (χ4v) is 2.54. The third-order valence-corrected chi connectivity index (χ3v) is 3.68. The van der Waals surface area contributed by atoms with Crippen molar-refractivity contribution in [2.24, 2.45) is 0 Å². The van der Waals surface area contributed by atoms with E-state index in [1.165, 1.54) is 24.3 Å². The monoisotopic (exact) mass is 346 g/mol. The van der Waals surface area contributed by atoms with Crippen LogP contribution in [0.15, 0.2) is 30.3 Å². The average Bonchev–Trinajstić information content (AvgIpc) is 2.59. The Bertz CT molecular complexity index is 851. The van der Waals surface area contributed by atoms with E-state index in [-0.39, 0.29) is 37.1 Å². The number of benzene rings is 2. The van der Waals surface area contributed by atoms with Crippen molar-refractivity contribution in [2.75, 3.05) is 6.79 Å². The van der Waals surface area contributed by atoms with Crippen LogP contribution in [0, 0.1) is 27.2 Å². The Balaban J connectivity index is 1.92. The van der Waals surface area contributed by atoms with Crippen molar-refractivity contribution in [1.82, 2.24) is 0 Å². The van der Waals surface area contributed by atoms with E-state index < -0.39 is 9.85 Å². The van der Waals surface area contributed by atoms with E-state index in [9.17, 15) is 20.2 Å². The second-order valence-corrected chi connectivity index (χ2v) is 5.48. The van der Waals surface area contributed by atoms with Gasteiger partial charge in [0.05, 0.1) is 16.5 Å². The first kappa shape index (κ1) is 16.7. The number of rotatable bonds is 5. The Labute approximate surface area is 142 Å². The highest BCUT2D eigenvalue weighted by Crippen LogP contribution is 2.34. The topological polar surface area (TPSA) is 114 Å². The van der Waals surface area contributed by atoms with Crippen LogP contribution in [0.5, 0.6) is 11.5 Å². The van der Waals surface area contributed by atoms with E-state index in [4.69, 9.17) is 14.2 Å². The van der Waals surface area contributed by atoms with Crippen molar-refractivity contribution in [1.29, 1.82) is 0 Å². The first-order valence-corrected chi connectivity index (χ1v) is 7.34. The van der Waals surface area contributed by atoms with Crippen LogP contribution >= 0.6 is 0 Å². The van der Waals surface area contributed by atoms with Gasteiger partial charge in [-0.2, -0.15) is 0 Å². The molecule has 9 heteroatoms. The van der Waals surface area contributed by atoms with Gasteiger partial charge in [-0.15, -0.1) is 0 Å². The molecule has 1 aliphatic heterocycles. The molecule has 0 amide bonds. The Morgan fingerprint density at radius 3 is 2.68 bits per heavy atom. The minimum absolute atomic E-state index is 0.0302. The molecule has 25 heavy (non-hydrogen) atoms. The number of nitrogens with zero attached hydrogens (tertiary/aromatic N) is 2. The highest BCUT2D eigenvalue weighted by Gasteiger charge is 2.22. The maximum Gasteiger partial charge on any atom is 0.311 e. The number of nitro groups is 2.